The summed E-state index contributed by atoms with van der Waals surface area (Å²) in [4.78, 5) is 14.5. The molecule has 1 unspecified atom stereocenters. The Hall–Kier alpha value is -3.72. The van der Waals surface area contributed by atoms with Gasteiger partial charge in [-0.15, -0.1) is 12.3 Å². The lowest BCUT2D eigenvalue weighted by Gasteiger charge is -2.17. The fraction of sp³-hybridized carbons (Fsp3) is 0.318. The van der Waals surface area contributed by atoms with E-state index in [1.165, 1.54) is 20.3 Å². The first-order valence-electron chi connectivity index (χ1n) is 9.74. The van der Waals surface area contributed by atoms with Gasteiger partial charge in [-0.3, -0.25) is 18.9 Å². The van der Waals surface area contributed by atoms with E-state index in [9.17, 15) is 23.2 Å². The molecule has 1 aromatic carbocycles. The summed E-state index contributed by atoms with van der Waals surface area (Å²) in [5.41, 5.74) is -0.258. The van der Waals surface area contributed by atoms with Crippen molar-refractivity contribution < 1.29 is 18.0 Å². The molecule has 1 fully saturated rings. The number of halogens is 3. The quantitative estimate of drug-likeness (QED) is 0.466. The van der Waals surface area contributed by atoms with E-state index in [4.69, 9.17) is 6.42 Å². The summed E-state index contributed by atoms with van der Waals surface area (Å²) in [7, 11) is 0. The number of aryl methyl sites for hydroxylation is 1. The zero-order valence-electron chi connectivity index (χ0n) is 16.4. The van der Waals surface area contributed by atoms with E-state index >= 15 is 0 Å². The number of hydrogen-bond donors (Lipinski definition) is 0. The Morgan fingerprint density at radius 2 is 2.10 bits per heavy atom. The second-order valence-electron chi connectivity index (χ2n) is 7.32. The molecular formula is C22H18F3N5O. The molecule has 0 spiro atoms. The van der Waals surface area contributed by atoms with Crippen LogP contribution >= 0.6 is 0 Å². The van der Waals surface area contributed by atoms with Gasteiger partial charge in [0.1, 0.15) is 6.04 Å². The highest BCUT2D eigenvalue weighted by Gasteiger charge is 2.38. The van der Waals surface area contributed by atoms with Crippen LogP contribution in [0, 0.1) is 23.8 Å². The van der Waals surface area contributed by atoms with Crippen LogP contribution in [0.2, 0.25) is 0 Å². The van der Waals surface area contributed by atoms with Gasteiger partial charge in [-0.05, 0) is 30.5 Å². The highest BCUT2D eigenvalue weighted by Crippen LogP contribution is 2.39. The first kappa shape index (κ1) is 20.5. The third kappa shape index (κ3) is 3.64. The number of carbonyl (C=O) groups is 1. The Balaban J connectivity index is 1.81. The number of likely N-dealkylation sites (tertiary alicyclic amines) is 1. The summed E-state index contributed by atoms with van der Waals surface area (Å²) < 4.78 is 43.6. The maximum atomic E-state index is 13.7. The van der Waals surface area contributed by atoms with Crippen molar-refractivity contribution in [3.05, 3.63) is 42.4 Å². The third-order valence-electron chi connectivity index (χ3n) is 5.44. The number of nitrogens with zero attached hydrogens (tertiary/aromatic N) is 5. The number of carbonyl (C=O) groups excluding carboxylic acids is 1. The molecule has 3 aromatic rings. The summed E-state index contributed by atoms with van der Waals surface area (Å²) >= 11 is 0. The van der Waals surface area contributed by atoms with Crippen molar-refractivity contribution in [2.75, 3.05) is 6.54 Å². The summed E-state index contributed by atoms with van der Waals surface area (Å²) in [5, 5.41) is 13.5. The molecule has 0 radical (unpaired) electrons. The maximum Gasteiger partial charge on any atom is 0.435 e. The fourth-order valence-corrected chi connectivity index (χ4v) is 4.02. The topological polar surface area (TPSA) is 66.8 Å². The number of fused-ring (bicyclic) bond motifs is 1. The first-order chi connectivity index (χ1) is 14.8. The molecule has 0 amide bonds. The van der Waals surface area contributed by atoms with Gasteiger partial charge in [0.15, 0.2) is 11.9 Å². The average Bonchev–Trinajstić information content (AvgIpc) is 3.48. The van der Waals surface area contributed by atoms with Crippen molar-refractivity contribution in [2.24, 2.45) is 0 Å². The number of aromatic nitrogens is 3. The number of terminal acetylenes is 1. The third-order valence-corrected chi connectivity index (χ3v) is 5.44. The molecule has 0 aliphatic carbocycles. The van der Waals surface area contributed by atoms with Crippen LogP contribution in [0.1, 0.15) is 29.8 Å². The first-order valence-corrected chi connectivity index (χ1v) is 9.74. The number of alkyl halides is 3. The van der Waals surface area contributed by atoms with E-state index in [0.29, 0.717) is 29.4 Å². The predicted octanol–water partition coefficient (Wildman–Crippen LogP) is 4.13. The van der Waals surface area contributed by atoms with Gasteiger partial charge in [-0.2, -0.15) is 23.5 Å². The smallest absolute Gasteiger partial charge is 0.298 e. The van der Waals surface area contributed by atoms with Crippen molar-refractivity contribution >= 4 is 16.8 Å². The van der Waals surface area contributed by atoms with Gasteiger partial charge >= 0.3 is 6.18 Å². The van der Waals surface area contributed by atoms with E-state index in [2.05, 4.69) is 11.0 Å². The van der Waals surface area contributed by atoms with Gasteiger partial charge in [0.25, 0.3) is 5.91 Å². The van der Waals surface area contributed by atoms with E-state index in [1.807, 2.05) is 6.19 Å². The largest absolute Gasteiger partial charge is 0.435 e. The zero-order valence-corrected chi connectivity index (χ0v) is 16.4. The van der Waals surface area contributed by atoms with Crippen LogP contribution < -0.4 is 0 Å². The average molecular weight is 425 g/mol. The molecule has 0 bridgehead atoms. The maximum absolute atomic E-state index is 13.7. The Bertz CT molecular complexity index is 1220. The minimum atomic E-state index is -4.64. The van der Waals surface area contributed by atoms with Crippen LogP contribution in [-0.2, 0) is 12.7 Å². The molecule has 2 aromatic heterocycles. The summed E-state index contributed by atoms with van der Waals surface area (Å²) in [6, 6.07) is 5.91. The van der Waals surface area contributed by atoms with E-state index in [1.54, 1.807) is 30.5 Å². The van der Waals surface area contributed by atoms with E-state index in [0.717, 1.165) is 6.42 Å². The summed E-state index contributed by atoms with van der Waals surface area (Å²) in [6.07, 6.45) is 7.04. The van der Waals surface area contributed by atoms with Crippen molar-refractivity contribution in [3.63, 3.8) is 0 Å². The normalized spacial score (nSPS) is 16.4. The predicted molar refractivity (Wildman–Crippen MR) is 108 cm³/mol. The molecule has 1 saturated heterocycles. The lowest BCUT2D eigenvalue weighted by Crippen LogP contribution is -2.35. The second kappa shape index (κ2) is 7.84. The van der Waals surface area contributed by atoms with Gasteiger partial charge < -0.3 is 0 Å². The molecule has 0 saturated carbocycles. The molecule has 4 rings (SSSR count). The number of hydrogen-bond acceptors (Lipinski definition) is 4. The van der Waals surface area contributed by atoms with E-state index in [-0.39, 0.29) is 24.4 Å². The Labute approximate surface area is 176 Å². The molecule has 6 nitrogen and oxygen atoms in total. The number of nitriles is 1. The van der Waals surface area contributed by atoms with Crippen LogP contribution in [0.15, 0.2) is 36.7 Å². The van der Waals surface area contributed by atoms with Crippen LogP contribution in [0.25, 0.3) is 22.0 Å². The lowest BCUT2D eigenvalue weighted by molar-refractivity contribution is -0.141. The van der Waals surface area contributed by atoms with E-state index < -0.39 is 17.9 Å². The molecule has 0 N–H and O–H groups in total. The monoisotopic (exact) mass is 425 g/mol. The van der Waals surface area contributed by atoms with Crippen molar-refractivity contribution in [1.29, 1.82) is 5.26 Å². The Morgan fingerprint density at radius 3 is 2.81 bits per heavy atom. The van der Waals surface area contributed by atoms with Crippen LogP contribution in [0.5, 0.6) is 0 Å². The highest BCUT2D eigenvalue weighted by atomic mass is 19.4. The summed E-state index contributed by atoms with van der Waals surface area (Å²) in [6.45, 7) is 0.684. The van der Waals surface area contributed by atoms with Crippen molar-refractivity contribution in [1.82, 2.24) is 19.2 Å². The Morgan fingerprint density at radius 1 is 1.29 bits per heavy atom. The van der Waals surface area contributed by atoms with Crippen LogP contribution in [-0.4, -0.2) is 37.7 Å². The van der Waals surface area contributed by atoms with Crippen LogP contribution in [0.4, 0.5) is 13.2 Å². The van der Waals surface area contributed by atoms with Crippen molar-refractivity contribution in [3.8, 4) is 29.7 Å². The SMILES string of the molecule is C#CCCn1cc(-c2cccc3c2ccn3C(=O)C2CCCN2C#N)c(C(F)(F)F)n1. The molecule has 9 heteroatoms. The molecule has 1 atom stereocenters. The molecule has 3 heterocycles. The standard InChI is InChI=1S/C22H18F3N5O/c1-2-3-11-29-13-17(20(27-29)22(23,24)25)15-6-4-7-18-16(15)9-12-30(18)21(31)19-8-5-10-28(19)14-26/h1,4,6-7,9,12-13,19H,3,5,8,10-11H2. The minimum absolute atomic E-state index is 0.0696. The van der Waals surface area contributed by atoms with Gasteiger partial charge in [0.05, 0.1) is 12.1 Å². The number of benzene rings is 1. The fourth-order valence-electron chi connectivity index (χ4n) is 4.02. The summed E-state index contributed by atoms with van der Waals surface area (Å²) in [5.74, 6) is 2.12. The lowest BCUT2D eigenvalue weighted by atomic mass is 10.0. The molecule has 1 aliphatic heterocycles. The van der Waals surface area contributed by atoms with Crippen LogP contribution in [0.3, 0.4) is 0 Å². The van der Waals surface area contributed by atoms with Crippen molar-refractivity contribution in [2.45, 2.75) is 38.0 Å². The zero-order chi connectivity index (χ0) is 22.2. The Kier molecular flexibility index (Phi) is 5.20. The van der Waals surface area contributed by atoms with Gasteiger partial charge in [0, 0.05) is 36.3 Å². The van der Waals surface area contributed by atoms with Gasteiger partial charge in [-0.25, -0.2) is 0 Å². The van der Waals surface area contributed by atoms with Gasteiger partial charge in [0.2, 0.25) is 0 Å². The van der Waals surface area contributed by atoms with Gasteiger partial charge in [-0.1, -0.05) is 12.1 Å². The number of rotatable bonds is 4. The molecule has 1 aliphatic rings. The second-order valence-corrected chi connectivity index (χ2v) is 7.32. The molecule has 31 heavy (non-hydrogen) atoms. The molecule has 158 valence electrons. The highest BCUT2D eigenvalue weighted by molar-refractivity contribution is 6.01. The molecular weight excluding hydrogens is 407 g/mol. The minimum Gasteiger partial charge on any atom is -0.298 e.